The molecule has 0 fully saturated rings. The van der Waals surface area contributed by atoms with E-state index in [1.165, 1.54) is 18.2 Å². The van der Waals surface area contributed by atoms with E-state index in [2.05, 4.69) is 4.74 Å². The molecule has 0 amide bonds. The summed E-state index contributed by atoms with van der Waals surface area (Å²) in [4.78, 5) is 30.6. The first kappa shape index (κ1) is 20.9. The first-order valence-corrected chi connectivity index (χ1v) is 7.41. The van der Waals surface area contributed by atoms with Gasteiger partial charge in [-0.2, -0.15) is 0 Å². The third-order valence-electron chi connectivity index (χ3n) is 2.00. The van der Waals surface area contributed by atoms with Crippen LogP contribution in [0.15, 0.2) is 18.2 Å². The maximum absolute atomic E-state index is 11.3. The molecule has 10 heteroatoms. The standard InChI is InChI=1S/C10H11Cl2O6P.K/c1-6(19(14,15)16)18-10(13)5-17-9-3-2-7(11)4-8(9)12;/h2-4,6H,5H2,1H3,(H2,14,15,16);/q;+1/p-1. The fourth-order valence-electron chi connectivity index (χ4n) is 1.02. The molecule has 1 aromatic rings. The number of hydrogen-bond donors (Lipinski definition) is 1. The van der Waals surface area contributed by atoms with Gasteiger partial charge in [-0.25, -0.2) is 4.79 Å². The Kier molecular flexibility index (Phi) is 9.49. The zero-order valence-electron chi connectivity index (χ0n) is 10.7. The first-order chi connectivity index (χ1) is 8.70. The van der Waals surface area contributed by atoms with E-state index in [0.29, 0.717) is 5.02 Å². The summed E-state index contributed by atoms with van der Waals surface area (Å²) in [5.74, 6) is -2.39. The van der Waals surface area contributed by atoms with Crippen molar-refractivity contribution in [2.24, 2.45) is 0 Å². The number of carbonyl (C=O) groups excluding carboxylic acids is 1. The third-order valence-corrected chi connectivity index (χ3v) is 3.56. The average Bonchev–Trinajstić information content (AvgIpc) is 2.26. The van der Waals surface area contributed by atoms with Gasteiger partial charge in [0.05, 0.1) is 5.02 Å². The van der Waals surface area contributed by atoms with E-state index in [4.69, 9.17) is 32.8 Å². The van der Waals surface area contributed by atoms with Crippen molar-refractivity contribution in [2.45, 2.75) is 12.8 Å². The summed E-state index contributed by atoms with van der Waals surface area (Å²) < 4.78 is 20.1. The Morgan fingerprint density at radius 1 is 1.50 bits per heavy atom. The Morgan fingerprint density at radius 2 is 2.10 bits per heavy atom. The van der Waals surface area contributed by atoms with Gasteiger partial charge in [0.2, 0.25) is 0 Å². The van der Waals surface area contributed by atoms with E-state index in [9.17, 15) is 14.3 Å². The monoisotopic (exact) mass is 366 g/mol. The maximum Gasteiger partial charge on any atom is 1.00 e. The van der Waals surface area contributed by atoms with Crippen molar-refractivity contribution in [1.82, 2.24) is 0 Å². The van der Waals surface area contributed by atoms with Crippen LogP contribution in [0.25, 0.3) is 0 Å². The van der Waals surface area contributed by atoms with Crippen LogP contribution >= 0.6 is 30.8 Å². The molecule has 0 aliphatic carbocycles. The number of ether oxygens (including phenoxy) is 2. The van der Waals surface area contributed by atoms with Crippen molar-refractivity contribution in [3.8, 4) is 5.75 Å². The summed E-state index contributed by atoms with van der Waals surface area (Å²) in [5.41, 5.74) is 0. The van der Waals surface area contributed by atoms with Crippen LogP contribution in [0.2, 0.25) is 10.0 Å². The van der Waals surface area contributed by atoms with Crippen molar-refractivity contribution in [2.75, 3.05) is 6.61 Å². The predicted octanol–water partition coefficient (Wildman–Crippen LogP) is -1.19. The Balaban J connectivity index is 0.00000361. The van der Waals surface area contributed by atoms with E-state index in [0.717, 1.165) is 6.92 Å². The molecular formula is C10H10Cl2KO6P. The summed E-state index contributed by atoms with van der Waals surface area (Å²) >= 11 is 11.5. The van der Waals surface area contributed by atoms with Gasteiger partial charge in [0.15, 0.2) is 20.0 Å². The zero-order chi connectivity index (χ0) is 14.6. The number of rotatable bonds is 5. The zero-order valence-corrected chi connectivity index (χ0v) is 16.2. The molecule has 0 aliphatic rings. The molecule has 20 heavy (non-hydrogen) atoms. The Morgan fingerprint density at radius 3 is 2.60 bits per heavy atom. The smallest absolute Gasteiger partial charge is 0.776 e. The van der Waals surface area contributed by atoms with Crippen molar-refractivity contribution >= 4 is 36.8 Å². The fraction of sp³-hybridized carbons (Fsp3) is 0.300. The van der Waals surface area contributed by atoms with Gasteiger partial charge in [-0.3, -0.25) is 0 Å². The normalized spacial score (nSPS) is 14.7. The predicted molar refractivity (Wildman–Crippen MR) is 67.3 cm³/mol. The van der Waals surface area contributed by atoms with Gasteiger partial charge in [-0.15, -0.1) is 0 Å². The number of esters is 1. The molecule has 0 aromatic heterocycles. The van der Waals surface area contributed by atoms with Gasteiger partial charge in [0.1, 0.15) is 5.75 Å². The Labute approximate surface area is 168 Å². The SMILES string of the molecule is CC(OC(=O)COc1ccc(Cl)cc1Cl)P(=O)([O-])O.[K+]. The summed E-state index contributed by atoms with van der Waals surface area (Å²) in [5, 5.41) is 0.603. The molecule has 0 radical (unpaired) electrons. The summed E-state index contributed by atoms with van der Waals surface area (Å²) in [6, 6.07) is 4.38. The van der Waals surface area contributed by atoms with E-state index >= 15 is 0 Å². The molecule has 1 N–H and O–H groups in total. The quantitative estimate of drug-likeness (QED) is 0.400. The van der Waals surface area contributed by atoms with Gasteiger partial charge >= 0.3 is 57.4 Å². The number of carbonyl (C=O) groups is 1. The van der Waals surface area contributed by atoms with Crippen molar-refractivity contribution < 1.29 is 80.0 Å². The van der Waals surface area contributed by atoms with Crippen LogP contribution in [0.4, 0.5) is 0 Å². The number of benzene rings is 1. The molecule has 106 valence electrons. The van der Waals surface area contributed by atoms with Gasteiger partial charge in [-0.05, 0) is 25.1 Å². The van der Waals surface area contributed by atoms with Crippen LogP contribution in [0.1, 0.15) is 6.92 Å². The summed E-state index contributed by atoms with van der Waals surface area (Å²) in [6.07, 6.45) is 0. The molecule has 2 unspecified atom stereocenters. The molecule has 0 heterocycles. The second-order valence-electron chi connectivity index (χ2n) is 3.52. The van der Waals surface area contributed by atoms with Gasteiger partial charge in [0, 0.05) is 5.02 Å². The fourth-order valence-corrected chi connectivity index (χ4v) is 1.73. The van der Waals surface area contributed by atoms with Crippen LogP contribution in [0.3, 0.4) is 0 Å². The minimum Gasteiger partial charge on any atom is -0.776 e. The molecule has 1 rings (SSSR count). The van der Waals surface area contributed by atoms with Crippen molar-refractivity contribution in [1.29, 1.82) is 0 Å². The van der Waals surface area contributed by atoms with Crippen LogP contribution in [-0.4, -0.2) is 23.3 Å². The summed E-state index contributed by atoms with van der Waals surface area (Å²) in [6.45, 7) is 0.479. The van der Waals surface area contributed by atoms with Crippen LogP contribution in [0, 0.1) is 0 Å². The molecule has 1 aromatic carbocycles. The van der Waals surface area contributed by atoms with Gasteiger partial charge in [0.25, 0.3) is 0 Å². The largest absolute Gasteiger partial charge is 1.00 e. The molecule has 6 nitrogen and oxygen atoms in total. The second kappa shape index (κ2) is 9.10. The Bertz CT molecular complexity index is 520. The molecule has 2 atom stereocenters. The second-order valence-corrected chi connectivity index (χ2v) is 6.22. The van der Waals surface area contributed by atoms with Crippen LogP contribution < -0.4 is 61.0 Å². The molecular weight excluding hydrogens is 357 g/mol. The van der Waals surface area contributed by atoms with Crippen molar-refractivity contribution in [3.63, 3.8) is 0 Å². The van der Waals surface area contributed by atoms with Crippen molar-refractivity contribution in [3.05, 3.63) is 28.2 Å². The molecule has 0 saturated carbocycles. The molecule has 0 bridgehead atoms. The third kappa shape index (κ3) is 7.22. The average molecular weight is 367 g/mol. The number of halogens is 2. The van der Waals surface area contributed by atoms with Crippen LogP contribution in [-0.2, 0) is 14.1 Å². The van der Waals surface area contributed by atoms with E-state index < -0.39 is 26.0 Å². The Hall–Kier alpha value is 0.856. The van der Waals surface area contributed by atoms with E-state index in [-0.39, 0.29) is 62.2 Å². The first-order valence-electron chi connectivity index (χ1n) is 5.01. The van der Waals surface area contributed by atoms with E-state index in [1.54, 1.807) is 0 Å². The number of hydrogen-bond acceptors (Lipinski definition) is 5. The molecule has 0 saturated heterocycles. The van der Waals surface area contributed by atoms with Gasteiger partial charge in [-0.1, -0.05) is 23.2 Å². The van der Waals surface area contributed by atoms with Crippen LogP contribution in [0.5, 0.6) is 5.75 Å². The van der Waals surface area contributed by atoms with Gasteiger partial charge < -0.3 is 23.8 Å². The molecule has 0 spiro atoms. The maximum atomic E-state index is 11.3. The minimum atomic E-state index is -4.71. The topological polar surface area (TPSA) is 95.9 Å². The van der Waals surface area contributed by atoms with E-state index in [1.807, 2.05) is 0 Å². The summed E-state index contributed by atoms with van der Waals surface area (Å²) in [7, 11) is -4.71. The molecule has 0 aliphatic heterocycles. The minimum absolute atomic E-state index is 0.